The Labute approximate surface area is 110 Å². The number of nitrogens with one attached hydrogen (secondary N) is 1. The van der Waals surface area contributed by atoms with Crippen LogP contribution in [0.15, 0.2) is 12.1 Å². The fourth-order valence-corrected chi connectivity index (χ4v) is 1.22. The number of pyridine rings is 1. The van der Waals surface area contributed by atoms with E-state index >= 15 is 0 Å². The normalized spacial score (nSPS) is 10.9. The van der Waals surface area contributed by atoms with Gasteiger partial charge in [-0.1, -0.05) is 0 Å². The maximum atomic E-state index is 11.2. The van der Waals surface area contributed by atoms with Crippen LogP contribution in [0.3, 0.4) is 0 Å². The van der Waals surface area contributed by atoms with Crippen molar-refractivity contribution in [3.05, 3.63) is 22.2 Å². The topological polar surface area (TPSA) is 120 Å². The van der Waals surface area contributed by atoms with E-state index in [1.54, 1.807) is 13.8 Å². The highest BCUT2D eigenvalue weighted by atomic mass is 16.6. The monoisotopic (exact) mass is 268 g/mol. The Kier molecular flexibility index (Phi) is 4.26. The number of hydrogen-bond acceptors (Lipinski definition) is 6. The van der Waals surface area contributed by atoms with Crippen LogP contribution in [0.5, 0.6) is 5.88 Å². The van der Waals surface area contributed by atoms with Crippen molar-refractivity contribution in [2.75, 3.05) is 19.0 Å². The van der Waals surface area contributed by atoms with Crippen molar-refractivity contribution >= 4 is 17.4 Å². The SMILES string of the molecule is COc1ccc([N+](=O)[O-])c(NCC(C)(C)C(N)=O)n1. The summed E-state index contributed by atoms with van der Waals surface area (Å²) in [5.74, 6) is -0.228. The summed E-state index contributed by atoms with van der Waals surface area (Å²) < 4.78 is 4.90. The maximum Gasteiger partial charge on any atom is 0.311 e. The van der Waals surface area contributed by atoms with Gasteiger partial charge in [-0.3, -0.25) is 14.9 Å². The molecule has 0 atom stereocenters. The van der Waals surface area contributed by atoms with Crippen LogP contribution in [0.4, 0.5) is 11.5 Å². The number of aromatic nitrogens is 1. The molecule has 0 bridgehead atoms. The molecule has 1 aromatic rings. The number of anilines is 1. The number of rotatable bonds is 6. The van der Waals surface area contributed by atoms with E-state index in [9.17, 15) is 14.9 Å². The van der Waals surface area contributed by atoms with Gasteiger partial charge in [0, 0.05) is 18.7 Å². The molecule has 0 saturated heterocycles. The van der Waals surface area contributed by atoms with E-state index in [0.29, 0.717) is 0 Å². The average Bonchev–Trinajstić information content (AvgIpc) is 2.35. The first-order valence-electron chi connectivity index (χ1n) is 5.51. The van der Waals surface area contributed by atoms with E-state index in [2.05, 4.69) is 10.3 Å². The quantitative estimate of drug-likeness (QED) is 0.584. The molecular formula is C11H16N4O4. The van der Waals surface area contributed by atoms with E-state index in [4.69, 9.17) is 10.5 Å². The first kappa shape index (κ1) is 14.7. The number of nitrogens with two attached hydrogens (primary N) is 1. The Balaban J connectivity index is 2.98. The molecule has 1 amide bonds. The van der Waals surface area contributed by atoms with Gasteiger partial charge in [0.2, 0.25) is 17.6 Å². The smallest absolute Gasteiger partial charge is 0.311 e. The molecule has 0 aliphatic carbocycles. The fourth-order valence-electron chi connectivity index (χ4n) is 1.22. The molecule has 0 saturated carbocycles. The lowest BCUT2D eigenvalue weighted by Crippen LogP contribution is -2.37. The van der Waals surface area contributed by atoms with Crippen LogP contribution < -0.4 is 15.8 Å². The predicted octanol–water partition coefficient (Wildman–Crippen LogP) is 0.922. The highest BCUT2D eigenvalue weighted by Gasteiger charge is 2.26. The van der Waals surface area contributed by atoms with Gasteiger partial charge >= 0.3 is 5.69 Å². The number of nitro groups is 1. The summed E-state index contributed by atoms with van der Waals surface area (Å²) in [6.07, 6.45) is 0. The number of carbonyl (C=O) groups excluding carboxylic acids is 1. The van der Waals surface area contributed by atoms with Gasteiger partial charge in [-0.05, 0) is 13.8 Å². The zero-order chi connectivity index (χ0) is 14.6. The molecule has 104 valence electrons. The van der Waals surface area contributed by atoms with E-state index in [1.165, 1.54) is 19.2 Å². The van der Waals surface area contributed by atoms with Crippen LogP contribution in [0.1, 0.15) is 13.8 Å². The fraction of sp³-hybridized carbons (Fsp3) is 0.455. The Morgan fingerprint density at radius 2 is 2.21 bits per heavy atom. The molecule has 8 nitrogen and oxygen atoms in total. The summed E-state index contributed by atoms with van der Waals surface area (Å²) in [5.41, 5.74) is 4.19. The largest absolute Gasteiger partial charge is 0.481 e. The molecule has 0 fully saturated rings. The summed E-state index contributed by atoms with van der Waals surface area (Å²) in [5, 5.41) is 13.6. The summed E-state index contributed by atoms with van der Waals surface area (Å²) in [4.78, 5) is 25.4. The van der Waals surface area contributed by atoms with Crippen LogP contribution in [0.2, 0.25) is 0 Å². The van der Waals surface area contributed by atoms with Crippen molar-refractivity contribution in [2.45, 2.75) is 13.8 Å². The second-order valence-corrected chi connectivity index (χ2v) is 4.58. The molecule has 19 heavy (non-hydrogen) atoms. The number of nitrogens with zero attached hydrogens (tertiary/aromatic N) is 2. The van der Waals surface area contributed by atoms with Gasteiger partial charge in [0.1, 0.15) is 0 Å². The number of ether oxygens (including phenoxy) is 1. The number of methoxy groups -OCH3 is 1. The lowest BCUT2D eigenvalue weighted by Gasteiger charge is -2.21. The van der Waals surface area contributed by atoms with Crippen LogP contribution in [-0.2, 0) is 4.79 Å². The molecule has 1 rings (SSSR count). The molecule has 0 unspecified atom stereocenters. The first-order valence-corrected chi connectivity index (χ1v) is 5.51. The van der Waals surface area contributed by atoms with Crippen LogP contribution in [-0.4, -0.2) is 29.5 Å². The number of amides is 1. The van der Waals surface area contributed by atoms with Crippen LogP contribution in [0.25, 0.3) is 0 Å². The molecule has 0 aliphatic rings. The van der Waals surface area contributed by atoms with Gasteiger partial charge in [0.15, 0.2) is 0 Å². The van der Waals surface area contributed by atoms with E-state index in [-0.39, 0.29) is 23.9 Å². The number of primary amides is 1. The summed E-state index contributed by atoms with van der Waals surface area (Å²) in [7, 11) is 1.41. The molecular weight excluding hydrogens is 252 g/mol. The van der Waals surface area contributed by atoms with Gasteiger partial charge in [-0.15, -0.1) is 0 Å². The summed E-state index contributed by atoms with van der Waals surface area (Å²) in [6.45, 7) is 3.39. The Morgan fingerprint density at radius 1 is 1.58 bits per heavy atom. The molecule has 0 spiro atoms. The zero-order valence-electron chi connectivity index (χ0n) is 11.0. The molecule has 1 heterocycles. The molecule has 0 radical (unpaired) electrons. The third kappa shape index (κ3) is 3.54. The molecule has 0 aliphatic heterocycles. The molecule has 1 aromatic heterocycles. The highest BCUT2D eigenvalue weighted by molar-refractivity contribution is 5.80. The van der Waals surface area contributed by atoms with E-state index < -0.39 is 16.2 Å². The van der Waals surface area contributed by atoms with Gasteiger partial charge < -0.3 is 15.8 Å². The minimum absolute atomic E-state index is 0.0404. The third-order valence-corrected chi connectivity index (χ3v) is 2.62. The maximum absolute atomic E-state index is 11.2. The van der Waals surface area contributed by atoms with Crippen LogP contribution in [0, 0.1) is 15.5 Å². The van der Waals surface area contributed by atoms with E-state index in [1.807, 2.05) is 0 Å². The van der Waals surface area contributed by atoms with Crippen molar-refractivity contribution in [2.24, 2.45) is 11.1 Å². The van der Waals surface area contributed by atoms with E-state index in [0.717, 1.165) is 0 Å². The van der Waals surface area contributed by atoms with Gasteiger partial charge in [-0.2, -0.15) is 4.98 Å². The van der Waals surface area contributed by atoms with Crippen molar-refractivity contribution in [3.8, 4) is 5.88 Å². The predicted molar refractivity (Wildman–Crippen MR) is 68.9 cm³/mol. The molecule has 3 N–H and O–H groups in total. The average molecular weight is 268 g/mol. The number of carbonyl (C=O) groups is 1. The Bertz CT molecular complexity index is 501. The van der Waals surface area contributed by atoms with Gasteiger partial charge in [-0.25, -0.2) is 0 Å². The van der Waals surface area contributed by atoms with Crippen molar-refractivity contribution in [1.82, 2.24) is 4.98 Å². The highest BCUT2D eigenvalue weighted by Crippen LogP contribution is 2.26. The lowest BCUT2D eigenvalue weighted by molar-refractivity contribution is -0.384. The minimum Gasteiger partial charge on any atom is -0.481 e. The van der Waals surface area contributed by atoms with Crippen molar-refractivity contribution in [1.29, 1.82) is 0 Å². The van der Waals surface area contributed by atoms with Gasteiger partial charge in [0.05, 0.1) is 17.4 Å². The molecule has 0 aromatic carbocycles. The standard InChI is InChI=1S/C11H16N4O4/c1-11(2,10(12)16)6-13-9-7(15(17)18)4-5-8(14-9)19-3/h4-5H,6H2,1-3H3,(H2,12,16)(H,13,14). The van der Waals surface area contributed by atoms with Crippen LogP contribution >= 0.6 is 0 Å². The second kappa shape index (κ2) is 5.51. The first-order chi connectivity index (χ1) is 8.77. The zero-order valence-corrected chi connectivity index (χ0v) is 11.0. The van der Waals surface area contributed by atoms with Crippen molar-refractivity contribution < 1.29 is 14.5 Å². The van der Waals surface area contributed by atoms with Crippen molar-refractivity contribution in [3.63, 3.8) is 0 Å². The summed E-state index contributed by atoms with van der Waals surface area (Å²) in [6, 6.07) is 2.67. The van der Waals surface area contributed by atoms with Gasteiger partial charge in [0.25, 0.3) is 0 Å². The summed E-state index contributed by atoms with van der Waals surface area (Å²) >= 11 is 0. The minimum atomic E-state index is -0.849. The lowest BCUT2D eigenvalue weighted by atomic mass is 9.93. The third-order valence-electron chi connectivity index (χ3n) is 2.62. The Morgan fingerprint density at radius 3 is 2.68 bits per heavy atom. The molecule has 8 heteroatoms. The second-order valence-electron chi connectivity index (χ2n) is 4.58. The number of hydrogen-bond donors (Lipinski definition) is 2. The Hall–Kier alpha value is -2.38.